The fraction of sp³-hybridized carbons (Fsp3) is 0.382. The number of aryl methyl sites for hydroxylation is 1. The SMILES string of the molecule is CN1C[C@H](Nc2cnn(C)c(=O)c2Cl)C[C@H](c2ccc(C(=O)N3CC(C#Cc4ccc(C5CCC(=O)NC5=O)cc4)C3)cc2)C1. The first-order valence-electron chi connectivity index (χ1n) is 15.2. The number of benzene rings is 2. The molecule has 3 fully saturated rings. The quantitative estimate of drug-likeness (QED) is 0.330. The summed E-state index contributed by atoms with van der Waals surface area (Å²) >= 11 is 6.28. The van der Waals surface area contributed by atoms with Gasteiger partial charge in [0, 0.05) is 56.8 Å². The van der Waals surface area contributed by atoms with Crippen LogP contribution in [0.4, 0.5) is 5.69 Å². The number of aromatic nitrogens is 2. The molecule has 1 aromatic heterocycles. The third-order valence-corrected chi connectivity index (χ3v) is 9.21. The van der Waals surface area contributed by atoms with Gasteiger partial charge in [-0.15, -0.1) is 0 Å². The highest BCUT2D eigenvalue weighted by molar-refractivity contribution is 6.32. The fourth-order valence-electron chi connectivity index (χ4n) is 6.31. The summed E-state index contributed by atoms with van der Waals surface area (Å²) in [5, 5.41) is 10.0. The Kier molecular flexibility index (Phi) is 8.74. The van der Waals surface area contributed by atoms with Crippen molar-refractivity contribution in [3.63, 3.8) is 0 Å². The van der Waals surface area contributed by atoms with Crippen molar-refractivity contribution in [3.8, 4) is 11.8 Å². The van der Waals surface area contributed by atoms with E-state index in [2.05, 4.69) is 39.5 Å². The van der Waals surface area contributed by atoms with E-state index in [1.165, 1.54) is 4.68 Å². The van der Waals surface area contributed by atoms with E-state index in [1.54, 1.807) is 13.2 Å². The van der Waals surface area contributed by atoms with Gasteiger partial charge in [-0.3, -0.25) is 24.5 Å². The van der Waals surface area contributed by atoms with Crippen molar-refractivity contribution in [2.45, 2.75) is 37.1 Å². The topological polar surface area (TPSA) is 117 Å². The molecule has 6 rings (SSSR count). The number of nitrogens with zero attached hydrogens (tertiary/aromatic N) is 4. The Labute approximate surface area is 266 Å². The van der Waals surface area contributed by atoms with E-state index in [1.807, 2.05) is 53.4 Å². The van der Waals surface area contributed by atoms with Crippen LogP contribution in [0.3, 0.4) is 0 Å². The molecule has 3 aliphatic heterocycles. The van der Waals surface area contributed by atoms with Crippen LogP contribution in [0.25, 0.3) is 0 Å². The lowest BCUT2D eigenvalue weighted by molar-refractivity contribution is -0.134. The number of hydrogen-bond donors (Lipinski definition) is 2. The number of nitrogens with one attached hydrogen (secondary N) is 2. The highest BCUT2D eigenvalue weighted by Gasteiger charge is 2.31. The zero-order valence-electron chi connectivity index (χ0n) is 25.3. The van der Waals surface area contributed by atoms with Crippen LogP contribution in [-0.2, 0) is 16.6 Å². The van der Waals surface area contributed by atoms with Gasteiger partial charge >= 0.3 is 0 Å². The number of anilines is 1. The van der Waals surface area contributed by atoms with Gasteiger partial charge in [0.15, 0.2) is 0 Å². The number of likely N-dealkylation sites (N-methyl/N-ethyl adjacent to an activating group) is 1. The first-order valence-corrected chi connectivity index (χ1v) is 15.5. The molecule has 232 valence electrons. The maximum Gasteiger partial charge on any atom is 0.287 e. The number of hydrogen-bond acceptors (Lipinski definition) is 7. The van der Waals surface area contributed by atoms with Crippen molar-refractivity contribution in [2.24, 2.45) is 13.0 Å². The van der Waals surface area contributed by atoms with Crippen molar-refractivity contribution in [2.75, 3.05) is 38.5 Å². The van der Waals surface area contributed by atoms with Gasteiger partial charge in [-0.2, -0.15) is 5.10 Å². The lowest BCUT2D eigenvalue weighted by Gasteiger charge is -2.37. The highest BCUT2D eigenvalue weighted by Crippen LogP contribution is 2.30. The fourth-order valence-corrected chi connectivity index (χ4v) is 6.53. The molecule has 3 amide bonds. The van der Waals surface area contributed by atoms with Gasteiger partial charge in [-0.05, 0) is 61.2 Å². The zero-order chi connectivity index (χ0) is 31.7. The van der Waals surface area contributed by atoms with Crippen molar-refractivity contribution >= 4 is 35.0 Å². The average Bonchev–Trinajstić information content (AvgIpc) is 3.01. The third-order valence-electron chi connectivity index (χ3n) is 8.84. The Bertz CT molecular complexity index is 1740. The minimum atomic E-state index is -0.332. The van der Waals surface area contributed by atoms with Crippen molar-refractivity contribution in [1.29, 1.82) is 0 Å². The van der Waals surface area contributed by atoms with E-state index in [-0.39, 0.29) is 52.1 Å². The normalized spacial score (nSPS) is 22.2. The number of carbonyl (C=O) groups is 3. The van der Waals surface area contributed by atoms with Crippen LogP contribution in [0.15, 0.2) is 59.5 Å². The highest BCUT2D eigenvalue weighted by atomic mass is 35.5. The van der Waals surface area contributed by atoms with Gasteiger partial charge in [-0.1, -0.05) is 47.7 Å². The summed E-state index contributed by atoms with van der Waals surface area (Å²) in [5.74, 6) is 6.05. The van der Waals surface area contributed by atoms with Crippen LogP contribution in [0.5, 0.6) is 0 Å². The number of imide groups is 1. The summed E-state index contributed by atoms with van der Waals surface area (Å²) < 4.78 is 1.22. The van der Waals surface area contributed by atoms with Gasteiger partial charge in [0.2, 0.25) is 11.8 Å². The predicted molar refractivity (Wildman–Crippen MR) is 171 cm³/mol. The first kappa shape index (κ1) is 30.6. The molecule has 10 nitrogen and oxygen atoms in total. The minimum absolute atomic E-state index is 0.00120. The lowest BCUT2D eigenvalue weighted by Crippen LogP contribution is -2.49. The molecule has 2 aromatic carbocycles. The molecule has 2 N–H and O–H groups in total. The molecule has 0 aliphatic carbocycles. The Morgan fingerprint density at radius 3 is 2.40 bits per heavy atom. The van der Waals surface area contributed by atoms with Gasteiger partial charge in [-0.25, -0.2) is 4.68 Å². The molecule has 1 unspecified atom stereocenters. The van der Waals surface area contributed by atoms with E-state index in [4.69, 9.17) is 11.6 Å². The second kappa shape index (κ2) is 12.9. The number of rotatable bonds is 5. The van der Waals surface area contributed by atoms with E-state index >= 15 is 0 Å². The Hall–Kier alpha value is -4.46. The lowest BCUT2D eigenvalue weighted by atomic mass is 9.87. The van der Waals surface area contributed by atoms with Crippen LogP contribution in [0.2, 0.25) is 5.02 Å². The number of amides is 3. The summed E-state index contributed by atoms with van der Waals surface area (Å²) in [7, 11) is 3.64. The molecule has 3 aromatic rings. The monoisotopic (exact) mass is 626 g/mol. The second-order valence-corrected chi connectivity index (χ2v) is 12.6. The molecule has 0 radical (unpaired) electrons. The smallest absolute Gasteiger partial charge is 0.287 e. The predicted octanol–water partition coefficient (Wildman–Crippen LogP) is 2.98. The summed E-state index contributed by atoms with van der Waals surface area (Å²) in [6.07, 6.45) is 3.31. The molecular weight excluding hydrogens is 592 g/mol. The number of halogens is 1. The second-order valence-electron chi connectivity index (χ2n) is 12.2. The molecule has 0 saturated carbocycles. The molecule has 0 bridgehead atoms. The Morgan fingerprint density at radius 1 is 0.978 bits per heavy atom. The van der Waals surface area contributed by atoms with Crippen LogP contribution in [0, 0.1) is 17.8 Å². The van der Waals surface area contributed by atoms with E-state index in [9.17, 15) is 19.2 Å². The van der Waals surface area contributed by atoms with Crippen molar-refractivity contribution in [3.05, 3.63) is 92.4 Å². The Balaban J connectivity index is 1.01. The summed E-state index contributed by atoms with van der Waals surface area (Å²) in [5.41, 5.74) is 3.76. The van der Waals surface area contributed by atoms with Gasteiger partial charge in [0.05, 0.1) is 23.7 Å². The van der Waals surface area contributed by atoms with E-state index in [0.29, 0.717) is 37.2 Å². The molecule has 0 spiro atoms. The summed E-state index contributed by atoms with van der Waals surface area (Å²) in [4.78, 5) is 52.9. The van der Waals surface area contributed by atoms with Crippen molar-refractivity contribution in [1.82, 2.24) is 24.9 Å². The molecule has 4 heterocycles. The number of likely N-dealkylation sites (tertiary alicyclic amines) is 2. The third kappa shape index (κ3) is 6.80. The molecule has 3 saturated heterocycles. The Morgan fingerprint density at radius 2 is 1.69 bits per heavy atom. The summed E-state index contributed by atoms with van der Waals surface area (Å²) in [6.45, 7) is 2.87. The first-order chi connectivity index (χ1) is 21.6. The number of piperidine rings is 2. The molecule has 3 aliphatic rings. The van der Waals surface area contributed by atoms with Gasteiger partial charge in [0.1, 0.15) is 5.02 Å². The molecule has 11 heteroatoms. The van der Waals surface area contributed by atoms with Crippen molar-refractivity contribution < 1.29 is 14.4 Å². The summed E-state index contributed by atoms with van der Waals surface area (Å²) in [6, 6.07) is 15.6. The minimum Gasteiger partial charge on any atom is -0.378 e. The maximum atomic E-state index is 13.1. The van der Waals surface area contributed by atoms with Crippen LogP contribution < -0.4 is 16.2 Å². The molecule has 3 atom stereocenters. The molecule has 45 heavy (non-hydrogen) atoms. The van der Waals surface area contributed by atoms with Crippen LogP contribution in [0.1, 0.15) is 58.1 Å². The number of carbonyl (C=O) groups excluding carboxylic acids is 3. The zero-order valence-corrected chi connectivity index (χ0v) is 26.0. The van der Waals surface area contributed by atoms with Crippen LogP contribution >= 0.6 is 11.6 Å². The van der Waals surface area contributed by atoms with Gasteiger partial charge < -0.3 is 15.1 Å². The maximum absolute atomic E-state index is 13.1. The standard InChI is InChI=1S/C34H35ClN6O4/c1-39-19-26(15-27(20-39)37-29-16-36-40(2)34(45)31(29)35)23-9-11-25(12-10-23)33(44)41-17-22(18-41)4-3-21-5-7-24(8-6-21)28-13-14-30(42)38-32(28)43/h5-12,16,22,26-28,37H,13-15,17-20H2,1-2H3,(H,38,42,43)/t26-,27+,28?/m0/s1. The average molecular weight is 627 g/mol. The largest absolute Gasteiger partial charge is 0.378 e. The molecular formula is C34H35ClN6O4. The van der Waals surface area contributed by atoms with Gasteiger partial charge in [0.25, 0.3) is 11.5 Å². The van der Waals surface area contributed by atoms with Crippen LogP contribution in [-0.4, -0.2) is 76.6 Å². The van der Waals surface area contributed by atoms with E-state index in [0.717, 1.165) is 36.2 Å². The van der Waals surface area contributed by atoms with E-state index < -0.39 is 0 Å².